The van der Waals surface area contributed by atoms with Crippen molar-refractivity contribution in [1.82, 2.24) is 13.8 Å². The van der Waals surface area contributed by atoms with E-state index in [1.54, 1.807) is 0 Å². The van der Waals surface area contributed by atoms with Crippen molar-refractivity contribution < 1.29 is 0 Å². The van der Waals surface area contributed by atoms with E-state index in [-0.39, 0.29) is 0 Å². The number of pyridine rings is 1. The first-order chi connectivity index (χ1) is 26.3. The Morgan fingerprint density at radius 2 is 0.962 bits per heavy atom. The van der Waals surface area contributed by atoms with E-state index in [1.807, 2.05) is 0 Å². The maximum Gasteiger partial charge on any atom is 0.146 e. The van der Waals surface area contributed by atoms with Gasteiger partial charge in [0, 0.05) is 49.1 Å². The number of aromatic nitrogens is 3. The van der Waals surface area contributed by atoms with Crippen molar-refractivity contribution in [3.63, 3.8) is 0 Å². The molecule has 13 rings (SSSR count). The molecular weight excluding hydrogens is 645 g/mol. The number of benzene rings is 8. The summed E-state index contributed by atoms with van der Waals surface area (Å²) in [6.45, 7) is 0. The Morgan fingerprint density at radius 3 is 1.70 bits per heavy atom. The molecule has 0 fully saturated rings. The molecule has 5 aromatic heterocycles. The van der Waals surface area contributed by atoms with Crippen molar-refractivity contribution in [3.8, 4) is 0 Å². The van der Waals surface area contributed by atoms with Crippen LogP contribution in [-0.4, -0.2) is 13.8 Å². The summed E-state index contributed by atoms with van der Waals surface area (Å²) in [7, 11) is 0. The lowest BCUT2D eigenvalue weighted by atomic mass is 10.00. The molecule has 0 saturated heterocycles. The van der Waals surface area contributed by atoms with Crippen LogP contribution < -0.4 is 4.90 Å². The van der Waals surface area contributed by atoms with Crippen molar-refractivity contribution in [1.29, 1.82) is 0 Å². The monoisotopic (exact) mass is 672 g/mol. The molecule has 5 heterocycles. The second kappa shape index (κ2) is 9.78. The molecule has 4 nitrogen and oxygen atoms in total. The topological polar surface area (TPSA) is 25.0 Å². The summed E-state index contributed by atoms with van der Waals surface area (Å²) < 4.78 is 4.94. The van der Waals surface area contributed by atoms with Crippen LogP contribution in [0.25, 0.3) is 98.0 Å². The van der Waals surface area contributed by atoms with E-state index in [1.165, 1.54) is 81.3 Å². The molecule has 0 unspecified atom stereocenters. The highest BCUT2D eigenvalue weighted by Gasteiger charge is 2.27. The van der Waals surface area contributed by atoms with Gasteiger partial charge in [0.25, 0.3) is 0 Å². The maximum atomic E-state index is 5.69. The maximum absolute atomic E-state index is 5.69. The summed E-state index contributed by atoms with van der Waals surface area (Å²) in [5.74, 6) is 0. The van der Waals surface area contributed by atoms with Crippen molar-refractivity contribution in [2.45, 2.75) is 0 Å². The van der Waals surface area contributed by atoms with Gasteiger partial charge in [0.15, 0.2) is 0 Å². The van der Waals surface area contributed by atoms with Gasteiger partial charge in [0.2, 0.25) is 0 Å². The van der Waals surface area contributed by atoms with E-state index < -0.39 is 0 Å². The van der Waals surface area contributed by atoms with Gasteiger partial charge in [-0.05, 0) is 70.1 Å². The average molecular weight is 673 g/mol. The highest BCUT2D eigenvalue weighted by atomic mass is 15.2. The Bertz CT molecular complexity index is 3580. The molecule has 0 bridgehead atoms. The standard InChI is InChI=1S/C49H28N4/c1-3-16-31(17-4-1)51(32-18-5-2-6-19-32)42-27-30-15-8-10-21-34(30)44-36-23-13-24-37-45-41(52(46(36)37)48(42)44)28-39-38-26-29-14-7-9-20-33(29)43-35-22-11-12-25-40(35)53(47(38)43)49(39)50-45/h1-28H. The molecule has 0 atom stereocenters. The number of hydrogen-bond donors (Lipinski definition) is 0. The number of nitrogens with zero attached hydrogens (tertiary/aromatic N) is 4. The van der Waals surface area contributed by atoms with Crippen LogP contribution in [0.1, 0.15) is 0 Å². The first-order valence-corrected chi connectivity index (χ1v) is 18.2. The largest absolute Gasteiger partial charge is 0.308 e. The molecule has 0 N–H and O–H groups in total. The Morgan fingerprint density at radius 1 is 0.377 bits per heavy atom. The lowest BCUT2D eigenvalue weighted by molar-refractivity contribution is 1.27. The molecule has 4 heteroatoms. The van der Waals surface area contributed by atoms with Gasteiger partial charge in [0.05, 0.1) is 38.8 Å². The fourth-order valence-electron chi connectivity index (χ4n) is 9.60. The van der Waals surface area contributed by atoms with Crippen molar-refractivity contribution >= 4 is 115 Å². The lowest BCUT2D eigenvalue weighted by Crippen LogP contribution is -2.11. The Balaban J connectivity index is 1.27. The van der Waals surface area contributed by atoms with Gasteiger partial charge < -0.3 is 9.30 Å². The third-order valence-corrected chi connectivity index (χ3v) is 11.7. The summed E-state index contributed by atoms with van der Waals surface area (Å²) in [4.78, 5) is 8.10. The number of hydrogen-bond acceptors (Lipinski definition) is 2. The molecule has 244 valence electrons. The number of fused-ring (bicyclic) bond motifs is 16. The van der Waals surface area contributed by atoms with Crippen LogP contribution in [0.2, 0.25) is 0 Å². The minimum atomic E-state index is 1.01. The van der Waals surface area contributed by atoms with E-state index in [2.05, 4.69) is 184 Å². The molecule has 8 aromatic carbocycles. The minimum absolute atomic E-state index is 1.01. The molecule has 0 aliphatic heterocycles. The molecule has 0 radical (unpaired) electrons. The molecule has 0 spiro atoms. The second-order valence-corrected chi connectivity index (χ2v) is 14.3. The third kappa shape index (κ3) is 3.39. The van der Waals surface area contributed by atoms with Crippen LogP contribution >= 0.6 is 0 Å². The summed E-state index contributed by atoms with van der Waals surface area (Å²) in [6.07, 6.45) is 0. The summed E-state index contributed by atoms with van der Waals surface area (Å²) in [6, 6.07) is 61.9. The predicted molar refractivity (Wildman–Crippen MR) is 223 cm³/mol. The first kappa shape index (κ1) is 27.5. The van der Waals surface area contributed by atoms with Crippen molar-refractivity contribution in [2.24, 2.45) is 0 Å². The summed E-state index contributed by atoms with van der Waals surface area (Å²) in [5, 5.41) is 13.7. The van der Waals surface area contributed by atoms with Crippen molar-refractivity contribution in [2.75, 3.05) is 4.90 Å². The normalized spacial score (nSPS) is 12.5. The number of anilines is 3. The van der Waals surface area contributed by atoms with Gasteiger partial charge in [-0.1, -0.05) is 121 Å². The van der Waals surface area contributed by atoms with Gasteiger partial charge >= 0.3 is 0 Å². The molecular formula is C49H28N4. The Hall–Kier alpha value is -7.17. The number of rotatable bonds is 3. The Labute approximate surface area is 302 Å². The highest BCUT2D eigenvalue weighted by molar-refractivity contribution is 6.34. The van der Waals surface area contributed by atoms with E-state index in [0.717, 1.165) is 33.7 Å². The fourth-order valence-corrected chi connectivity index (χ4v) is 9.60. The number of para-hydroxylation sites is 4. The van der Waals surface area contributed by atoms with Gasteiger partial charge in [-0.3, -0.25) is 4.40 Å². The van der Waals surface area contributed by atoms with Crippen LogP contribution in [0.5, 0.6) is 0 Å². The van der Waals surface area contributed by atoms with E-state index in [9.17, 15) is 0 Å². The SMILES string of the molecule is c1ccc(N(c2ccccc2)c2cc3ccccc3c3c4cccc5c6nc7c(cc6n(c23)c54)c2cc3ccccc3c3c4ccccc4n7c23)cc1. The fraction of sp³-hybridized carbons (Fsp3) is 0. The molecule has 13 aromatic rings. The predicted octanol–water partition coefficient (Wildman–Crippen LogP) is 13.2. The van der Waals surface area contributed by atoms with Crippen LogP contribution in [0.3, 0.4) is 0 Å². The summed E-state index contributed by atoms with van der Waals surface area (Å²) in [5.41, 5.74) is 11.4. The molecule has 0 saturated carbocycles. The average Bonchev–Trinajstić information content (AvgIpc) is 3.94. The lowest BCUT2D eigenvalue weighted by Gasteiger charge is -2.27. The summed E-state index contributed by atoms with van der Waals surface area (Å²) >= 11 is 0. The van der Waals surface area contributed by atoms with Crippen LogP contribution in [0.4, 0.5) is 17.1 Å². The van der Waals surface area contributed by atoms with Crippen molar-refractivity contribution in [3.05, 3.63) is 170 Å². The zero-order valence-electron chi connectivity index (χ0n) is 28.5. The van der Waals surface area contributed by atoms with Gasteiger partial charge in [-0.15, -0.1) is 0 Å². The molecule has 53 heavy (non-hydrogen) atoms. The van der Waals surface area contributed by atoms with Gasteiger partial charge in [-0.2, -0.15) is 0 Å². The molecule has 0 aliphatic rings. The molecule has 0 aliphatic carbocycles. The van der Waals surface area contributed by atoms with Crippen LogP contribution in [-0.2, 0) is 0 Å². The van der Waals surface area contributed by atoms with Crippen LogP contribution in [0, 0.1) is 0 Å². The van der Waals surface area contributed by atoms with E-state index in [0.29, 0.717) is 0 Å². The van der Waals surface area contributed by atoms with Gasteiger partial charge in [-0.25, -0.2) is 4.98 Å². The highest BCUT2D eigenvalue weighted by Crippen LogP contribution is 2.49. The first-order valence-electron chi connectivity index (χ1n) is 18.2. The van der Waals surface area contributed by atoms with Crippen LogP contribution in [0.15, 0.2) is 170 Å². The van der Waals surface area contributed by atoms with Gasteiger partial charge in [0.1, 0.15) is 5.65 Å². The second-order valence-electron chi connectivity index (χ2n) is 14.3. The van der Waals surface area contributed by atoms with E-state index >= 15 is 0 Å². The van der Waals surface area contributed by atoms with E-state index in [4.69, 9.17) is 4.98 Å². The minimum Gasteiger partial charge on any atom is -0.308 e. The zero-order chi connectivity index (χ0) is 34.4. The third-order valence-electron chi connectivity index (χ3n) is 11.7. The smallest absolute Gasteiger partial charge is 0.146 e. The zero-order valence-corrected chi connectivity index (χ0v) is 28.5. The molecule has 0 amide bonds. The Kier molecular flexibility index (Phi) is 5.08. The quantitative estimate of drug-likeness (QED) is 0.187.